The molecule has 1 aliphatic rings. The normalized spacial score (nSPS) is 14.1. The third-order valence-electron chi connectivity index (χ3n) is 4.08. The van der Waals surface area contributed by atoms with E-state index in [0.29, 0.717) is 12.1 Å². The van der Waals surface area contributed by atoms with Gasteiger partial charge in [-0.1, -0.05) is 24.3 Å². The van der Waals surface area contributed by atoms with Gasteiger partial charge in [0.05, 0.1) is 6.04 Å². The Bertz CT molecular complexity index is 886. The number of nitrogens with one attached hydrogen (secondary N) is 2. The highest BCUT2D eigenvalue weighted by Gasteiger charge is 2.29. The molecule has 138 valence electrons. The van der Waals surface area contributed by atoms with Crippen LogP contribution in [0.1, 0.15) is 21.5 Å². The Hall–Kier alpha value is -3.55. The van der Waals surface area contributed by atoms with Crippen molar-refractivity contribution in [3.8, 4) is 0 Å². The summed E-state index contributed by atoms with van der Waals surface area (Å²) in [6, 6.07) is 6.47. The highest BCUT2D eigenvalue weighted by atomic mass is 19.1. The second-order valence-electron chi connectivity index (χ2n) is 5.97. The van der Waals surface area contributed by atoms with Crippen LogP contribution in [0.2, 0.25) is 0 Å². The quantitative estimate of drug-likeness (QED) is 0.760. The number of carbonyl (C=O) groups excluding carboxylic acids is 3. The van der Waals surface area contributed by atoms with Gasteiger partial charge in [0.15, 0.2) is 0 Å². The lowest BCUT2D eigenvalue weighted by Gasteiger charge is -2.22. The standard InChI is InChI=1S/C19H17FN4O3/c20-15-5-4-14-10-24(18(26)17(14)8-15)11-16(23-19(27)22-12-25)6-3-13-2-1-7-21-9-13/h1-9,12,16H,10-11H2,(H2,22,23,25,27)/b6-3-. The summed E-state index contributed by atoms with van der Waals surface area (Å²) in [5.74, 6) is -0.776. The van der Waals surface area contributed by atoms with Crippen LogP contribution in [0.4, 0.5) is 9.18 Å². The van der Waals surface area contributed by atoms with E-state index in [4.69, 9.17) is 0 Å². The van der Waals surface area contributed by atoms with Gasteiger partial charge in [0.25, 0.3) is 5.91 Å². The van der Waals surface area contributed by atoms with Gasteiger partial charge in [0.2, 0.25) is 6.41 Å². The van der Waals surface area contributed by atoms with Gasteiger partial charge >= 0.3 is 6.03 Å². The number of fused-ring (bicyclic) bond motifs is 1. The Balaban J connectivity index is 1.75. The molecule has 2 aromatic rings. The zero-order valence-electron chi connectivity index (χ0n) is 14.3. The Kier molecular flexibility index (Phi) is 5.55. The number of urea groups is 1. The average Bonchev–Trinajstić information content (AvgIpc) is 2.96. The van der Waals surface area contributed by atoms with E-state index >= 15 is 0 Å². The zero-order valence-corrected chi connectivity index (χ0v) is 14.3. The van der Waals surface area contributed by atoms with Gasteiger partial charge in [0.1, 0.15) is 5.82 Å². The number of halogens is 1. The van der Waals surface area contributed by atoms with E-state index in [0.717, 1.165) is 11.1 Å². The van der Waals surface area contributed by atoms with Crippen molar-refractivity contribution in [2.75, 3.05) is 6.54 Å². The van der Waals surface area contributed by atoms with Crippen molar-refractivity contribution >= 4 is 24.4 Å². The Morgan fingerprint density at radius 3 is 2.96 bits per heavy atom. The fourth-order valence-corrected chi connectivity index (χ4v) is 2.84. The highest BCUT2D eigenvalue weighted by molar-refractivity contribution is 5.98. The van der Waals surface area contributed by atoms with Crippen LogP contribution in [0.3, 0.4) is 0 Å². The number of hydrogen-bond acceptors (Lipinski definition) is 4. The number of rotatable bonds is 6. The van der Waals surface area contributed by atoms with E-state index in [9.17, 15) is 18.8 Å². The average molecular weight is 368 g/mol. The first-order chi connectivity index (χ1) is 13.1. The summed E-state index contributed by atoms with van der Waals surface area (Å²) < 4.78 is 13.4. The summed E-state index contributed by atoms with van der Waals surface area (Å²) in [6.07, 6.45) is 7.03. The van der Waals surface area contributed by atoms with Crippen LogP contribution < -0.4 is 10.6 Å². The number of aromatic nitrogens is 1. The molecule has 4 amide bonds. The molecule has 0 spiro atoms. The van der Waals surface area contributed by atoms with Crippen molar-refractivity contribution in [2.24, 2.45) is 0 Å². The smallest absolute Gasteiger partial charge is 0.321 e. The van der Waals surface area contributed by atoms with Gasteiger partial charge in [-0.2, -0.15) is 0 Å². The van der Waals surface area contributed by atoms with Crippen molar-refractivity contribution in [1.82, 2.24) is 20.5 Å². The van der Waals surface area contributed by atoms with E-state index < -0.39 is 17.9 Å². The molecule has 1 unspecified atom stereocenters. The van der Waals surface area contributed by atoms with Crippen LogP contribution in [0.25, 0.3) is 6.08 Å². The van der Waals surface area contributed by atoms with Crippen LogP contribution in [0, 0.1) is 5.82 Å². The first-order valence-corrected chi connectivity index (χ1v) is 8.23. The predicted octanol–water partition coefficient (Wildman–Crippen LogP) is 1.71. The molecule has 0 saturated heterocycles. The van der Waals surface area contributed by atoms with Crippen LogP contribution in [0.15, 0.2) is 48.8 Å². The molecule has 2 N–H and O–H groups in total. The zero-order chi connectivity index (χ0) is 19.2. The van der Waals surface area contributed by atoms with Crippen molar-refractivity contribution in [3.05, 3.63) is 71.3 Å². The SMILES string of the molecule is O=CNC(=O)NC(/C=C\c1cccnc1)CN1Cc2ccc(F)cc2C1=O. The minimum atomic E-state index is -0.680. The van der Waals surface area contributed by atoms with Crippen molar-refractivity contribution < 1.29 is 18.8 Å². The number of nitrogens with zero attached hydrogens (tertiary/aromatic N) is 2. The molecule has 1 atom stereocenters. The Morgan fingerprint density at radius 2 is 2.22 bits per heavy atom. The molecule has 0 fully saturated rings. The lowest BCUT2D eigenvalue weighted by Crippen LogP contribution is -2.46. The Morgan fingerprint density at radius 1 is 1.37 bits per heavy atom. The number of imide groups is 1. The summed E-state index contributed by atoms with van der Waals surface area (Å²) in [6.45, 7) is 0.487. The summed E-state index contributed by atoms with van der Waals surface area (Å²) in [7, 11) is 0. The molecule has 7 nitrogen and oxygen atoms in total. The Labute approximate surface area is 154 Å². The first-order valence-electron chi connectivity index (χ1n) is 8.23. The van der Waals surface area contributed by atoms with E-state index in [1.807, 2.05) is 11.4 Å². The third-order valence-corrected chi connectivity index (χ3v) is 4.08. The van der Waals surface area contributed by atoms with Gasteiger partial charge in [-0.05, 0) is 29.3 Å². The van der Waals surface area contributed by atoms with Gasteiger partial charge in [-0.25, -0.2) is 9.18 Å². The molecule has 2 heterocycles. The van der Waals surface area contributed by atoms with Crippen LogP contribution in [0.5, 0.6) is 0 Å². The van der Waals surface area contributed by atoms with Crippen LogP contribution in [-0.4, -0.2) is 40.8 Å². The molecule has 1 aliphatic heterocycles. The maximum atomic E-state index is 13.4. The summed E-state index contributed by atoms with van der Waals surface area (Å²) in [5.41, 5.74) is 1.87. The molecule has 0 bridgehead atoms. The second kappa shape index (κ2) is 8.22. The summed E-state index contributed by atoms with van der Waals surface area (Å²) >= 11 is 0. The van der Waals surface area contributed by atoms with E-state index in [1.54, 1.807) is 36.7 Å². The van der Waals surface area contributed by atoms with Gasteiger partial charge in [0, 0.05) is 31.0 Å². The molecule has 1 aromatic carbocycles. The molecule has 0 aliphatic carbocycles. The molecule has 8 heteroatoms. The largest absolute Gasteiger partial charge is 0.332 e. The minimum Gasteiger partial charge on any atom is -0.332 e. The van der Waals surface area contributed by atoms with E-state index in [-0.39, 0.29) is 18.9 Å². The molecule has 27 heavy (non-hydrogen) atoms. The lowest BCUT2D eigenvalue weighted by atomic mass is 10.1. The molecule has 1 aromatic heterocycles. The number of hydrogen-bond donors (Lipinski definition) is 2. The van der Waals surface area contributed by atoms with Gasteiger partial charge < -0.3 is 10.2 Å². The highest BCUT2D eigenvalue weighted by Crippen LogP contribution is 2.23. The topological polar surface area (TPSA) is 91.4 Å². The van der Waals surface area contributed by atoms with Gasteiger partial charge in [-0.3, -0.25) is 19.9 Å². The third kappa shape index (κ3) is 4.55. The van der Waals surface area contributed by atoms with Gasteiger partial charge in [-0.15, -0.1) is 0 Å². The van der Waals surface area contributed by atoms with E-state index in [1.165, 1.54) is 17.0 Å². The fourth-order valence-electron chi connectivity index (χ4n) is 2.84. The first kappa shape index (κ1) is 18.2. The van der Waals surface area contributed by atoms with E-state index in [2.05, 4.69) is 10.3 Å². The van der Waals surface area contributed by atoms with Crippen molar-refractivity contribution in [1.29, 1.82) is 0 Å². The second-order valence-corrected chi connectivity index (χ2v) is 5.97. The molecular weight excluding hydrogens is 351 g/mol. The lowest BCUT2D eigenvalue weighted by molar-refractivity contribution is -0.108. The predicted molar refractivity (Wildman–Crippen MR) is 95.9 cm³/mol. The number of benzene rings is 1. The van der Waals surface area contributed by atoms with Crippen LogP contribution in [-0.2, 0) is 11.3 Å². The molecular formula is C19H17FN4O3. The monoisotopic (exact) mass is 368 g/mol. The fraction of sp³-hybridized carbons (Fsp3) is 0.158. The van der Waals surface area contributed by atoms with Crippen molar-refractivity contribution in [3.63, 3.8) is 0 Å². The summed E-state index contributed by atoms with van der Waals surface area (Å²) in [5, 5.41) is 4.62. The summed E-state index contributed by atoms with van der Waals surface area (Å²) in [4.78, 5) is 40.2. The number of amides is 4. The molecule has 0 saturated carbocycles. The number of pyridine rings is 1. The maximum Gasteiger partial charge on any atom is 0.321 e. The number of carbonyl (C=O) groups is 3. The van der Waals surface area contributed by atoms with Crippen LogP contribution >= 0.6 is 0 Å². The minimum absolute atomic E-state index is 0.165. The molecule has 0 radical (unpaired) electrons. The van der Waals surface area contributed by atoms with Crippen molar-refractivity contribution in [2.45, 2.75) is 12.6 Å². The molecule has 3 rings (SSSR count). The maximum absolute atomic E-state index is 13.4.